The molecule has 0 saturated carbocycles. The summed E-state index contributed by atoms with van der Waals surface area (Å²) in [4.78, 5) is 24.9. The Labute approximate surface area is 98.9 Å². The van der Waals surface area contributed by atoms with E-state index in [-0.39, 0.29) is 17.9 Å². The fraction of sp³-hybridized carbons (Fsp3) is 0.545. The first kappa shape index (κ1) is 11.6. The monoisotopic (exact) mass is 237 g/mol. The van der Waals surface area contributed by atoms with Gasteiger partial charge in [-0.15, -0.1) is 0 Å². The number of nitrogens with zero attached hydrogens (tertiary/aromatic N) is 2. The van der Waals surface area contributed by atoms with Gasteiger partial charge in [-0.1, -0.05) is 5.16 Å². The second kappa shape index (κ2) is 4.57. The smallest absolute Gasteiger partial charge is 0.248 e. The van der Waals surface area contributed by atoms with E-state index in [1.165, 1.54) is 6.92 Å². The normalized spacial score (nSPS) is 19.4. The van der Waals surface area contributed by atoms with Gasteiger partial charge in [-0.25, -0.2) is 0 Å². The third-order valence-electron chi connectivity index (χ3n) is 2.84. The zero-order valence-corrected chi connectivity index (χ0v) is 9.90. The topological polar surface area (TPSA) is 75.4 Å². The lowest BCUT2D eigenvalue weighted by atomic mass is 10.2. The Kier molecular flexibility index (Phi) is 3.12. The Morgan fingerprint density at radius 3 is 2.94 bits per heavy atom. The van der Waals surface area contributed by atoms with E-state index in [4.69, 9.17) is 4.52 Å². The van der Waals surface area contributed by atoms with Gasteiger partial charge in [-0.3, -0.25) is 9.59 Å². The third-order valence-corrected chi connectivity index (χ3v) is 2.84. The van der Waals surface area contributed by atoms with Crippen LogP contribution in [0.2, 0.25) is 0 Å². The molecule has 1 atom stereocenters. The number of hydrogen-bond donors (Lipinski definition) is 1. The molecule has 1 N–H and O–H groups in total. The van der Waals surface area contributed by atoms with Gasteiger partial charge >= 0.3 is 0 Å². The first-order chi connectivity index (χ1) is 8.08. The highest BCUT2D eigenvalue weighted by molar-refractivity contribution is 5.96. The molecule has 1 fully saturated rings. The Hall–Kier alpha value is -1.85. The fourth-order valence-electron chi connectivity index (χ4n) is 2.05. The van der Waals surface area contributed by atoms with Gasteiger partial charge in [0.25, 0.3) is 0 Å². The molecule has 92 valence electrons. The van der Waals surface area contributed by atoms with E-state index in [0.29, 0.717) is 24.5 Å². The molecule has 6 nitrogen and oxygen atoms in total. The Morgan fingerprint density at radius 2 is 2.35 bits per heavy atom. The van der Waals surface area contributed by atoms with Crippen LogP contribution in [-0.2, 0) is 9.59 Å². The summed E-state index contributed by atoms with van der Waals surface area (Å²) in [5, 5.41) is 6.34. The molecule has 17 heavy (non-hydrogen) atoms. The average Bonchev–Trinajstić information content (AvgIpc) is 2.86. The van der Waals surface area contributed by atoms with E-state index in [2.05, 4.69) is 10.5 Å². The molecule has 1 aromatic heterocycles. The molecule has 0 aromatic carbocycles. The van der Waals surface area contributed by atoms with Crippen LogP contribution < -0.4 is 5.32 Å². The summed E-state index contributed by atoms with van der Waals surface area (Å²) in [6.45, 7) is 3.87. The highest BCUT2D eigenvalue weighted by atomic mass is 16.5. The van der Waals surface area contributed by atoms with Crippen LogP contribution in [0.5, 0.6) is 0 Å². The molecule has 1 aromatic rings. The van der Waals surface area contributed by atoms with Crippen molar-refractivity contribution in [2.75, 3.05) is 11.9 Å². The summed E-state index contributed by atoms with van der Waals surface area (Å²) in [5.41, 5.74) is 0. The van der Waals surface area contributed by atoms with Gasteiger partial charge in [0.2, 0.25) is 11.8 Å². The number of likely N-dealkylation sites (tertiary alicyclic amines) is 1. The van der Waals surface area contributed by atoms with Crippen LogP contribution >= 0.6 is 0 Å². The van der Waals surface area contributed by atoms with Gasteiger partial charge < -0.3 is 14.7 Å². The Balaban J connectivity index is 2.02. The van der Waals surface area contributed by atoms with Gasteiger partial charge in [-0.05, 0) is 19.8 Å². The van der Waals surface area contributed by atoms with Crippen LogP contribution in [0, 0.1) is 6.92 Å². The predicted molar refractivity (Wildman–Crippen MR) is 60.3 cm³/mol. The molecule has 0 spiro atoms. The lowest BCUT2D eigenvalue weighted by molar-refractivity contribution is -0.134. The Bertz CT molecular complexity index is 441. The number of hydrogen-bond acceptors (Lipinski definition) is 4. The van der Waals surface area contributed by atoms with Crippen molar-refractivity contribution in [3.05, 3.63) is 11.8 Å². The molecular formula is C11H15N3O3. The summed E-state index contributed by atoms with van der Waals surface area (Å²) in [7, 11) is 0. The predicted octanol–water partition coefficient (Wildman–Crippen LogP) is 0.932. The van der Waals surface area contributed by atoms with Crippen molar-refractivity contribution in [2.45, 2.75) is 32.7 Å². The van der Waals surface area contributed by atoms with Gasteiger partial charge in [0.05, 0.1) is 0 Å². The zero-order valence-electron chi connectivity index (χ0n) is 9.90. The highest BCUT2D eigenvalue weighted by Crippen LogP contribution is 2.19. The zero-order chi connectivity index (χ0) is 12.4. The van der Waals surface area contributed by atoms with Crippen LogP contribution in [-0.4, -0.2) is 34.5 Å². The van der Waals surface area contributed by atoms with Crippen molar-refractivity contribution in [3.8, 4) is 0 Å². The number of nitrogens with one attached hydrogen (secondary N) is 1. The average molecular weight is 237 g/mol. The van der Waals surface area contributed by atoms with Crippen molar-refractivity contribution in [3.63, 3.8) is 0 Å². The quantitative estimate of drug-likeness (QED) is 0.830. The SMILES string of the molecule is CC(=O)N1CCC[C@H]1C(=O)Nc1cc(C)on1. The van der Waals surface area contributed by atoms with Crippen LogP contribution in [0.15, 0.2) is 10.6 Å². The van der Waals surface area contributed by atoms with Crippen molar-refractivity contribution in [1.82, 2.24) is 10.1 Å². The van der Waals surface area contributed by atoms with E-state index >= 15 is 0 Å². The molecule has 1 aliphatic rings. The first-order valence-corrected chi connectivity index (χ1v) is 5.59. The summed E-state index contributed by atoms with van der Waals surface area (Å²) in [5.74, 6) is 0.753. The summed E-state index contributed by atoms with van der Waals surface area (Å²) >= 11 is 0. The largest absolute Gasteiger partial charge is 0.360 e. The summed E-state index contributed by atoms with van der Waals surface area (Å²) < 4.78 is 4.86. The molecule has 2 heterocycles. The number of carbonyl (C=O) groups is 2. The molecule has 0 radical (unpaired) electrons. The number of aryl methyl sites for hydroxylation is 1. The summed E-state index contributed by atoms with van der Waals surface area (Å²) in [6, 6.07) is 1.26. The maximum atomic E-state index is 12.0. The van der Waals surface area contributed by atoms with Crippen molar-refractivity contribution in [1.29, 1.82) is 0 Å². The minimum absolute atomic E-state index is 0.0704. The maximum Gasteiger partial charge on any atom is 0.248 e. The van der Waals surface area contributed by atoms with Crippen molar-refractivity contribution >= 4 is 17.6 Å². The van der Waals surface area contributed by atoms with E-state index in [0.717, 1.165) is 6.42 Å². The number of aromatic nitrogens is 1. The Morgan fingerprint density at radius 1 is 1.59 bits per heavy atom. The molecule has 0 unspecified atom stereocenters. The van der Waals surface area contributed by atoms with E-state index in [1.54, 1.807) is 17.9 Å². The molecule has 6 heteroatoms. The van der Waals surface area contributed by atoms with E-state index < -0.39 is 0 Å². The molecule has 0 aliphatic carbocycles. The van der Waals surface area contributed by atoms with Gasteiger partial charge in [0.1, 0.15) is 11.8 Å². The lowest BCUT2D eigenvalue weighted by Crippen LogP contribution is -2.42. The number of rotatable bonds is 2. The van der Waals surface area contributed by atoms with E-state index in [9.17, 15) is 9.59 Å². The highest BCUT2D eigenvalue weighted by Gasteiger charge is 2.32. The molecule has 1 aliphatic heterocycles. The second-order valence-corrected chi connectivity index (χ2v) is 4.18. The minimum Gasteiger partial charge on any atom is -0.360 e. The number of carbonyl (C=O) groups excluding carboxylic acids is 2. The lowest BCUT2D eigenvalue weighted by Gasteiger charge is -2.21. The van der Waals surface area contributed by atoms with Gasteiger partial charge in [0.15, 0.2) is 5.82 Å². The van der Waals surface area contributed by atoms with Crippen LogP contribution in [0.25, 0.3) is 0 Å². The second-order valence-electron chi connectivity index (χ2n) is 4.18. The molecule has 0 bridgehead atoms. The third kappa shape index (κ3) is 2.46. The molecular weight excluding hydrogens is 222 g/mol. The van der Waals surface area contributed by atoms with Crippen LogP contribution in [0.4, 0.5) is 5.82 Å². The van der Waals surface area contributed by atoms with Crippen molar-refractivity contribution < 1.29 is 14.1 Å². The van der Waals surface area contributed by atoms with Crippen molar-refractivity contribution in [2.24, 2.45) is 0 Å². The van der Waals surface area contributed by atoms with Crippen LogP contribution in [0.1, 0.15) is 25.5 Å². The summed E-state index contributed by atoms with van der Waals surface area (Å²) in [6.07, 6.45) is 1.55. The maximum absolute atomic E-state index is 12.0. The number of anilines is 1. The first-order valence-electron chi connectivity index (χ1n) is 5.59. The fourth-order valence-corrected chi connectivity index (χ4v) is 2.05. The van der Waals surface area contributed by atoms with E-state index in [1.807, 2.05) is 0 Å². The number of amides is 2. The van der Waals surface area contributed by atoms with Gasteiger partial charge in [-0.2, -0.15) is 0 Å². The molecule has 2 amide bonds. The molecule has 2 rings (SSSR count). The molecule has 1 saturated heterocycles. The standard InChI is InChI=1S/C11H15N3O3/c1-7-6-10(13-17-7)12-11(16)9-4-3-5-14(9)8(2)15/h6,9H,3-5H2,1-2H3,(H,12,13,16)/t9-/m0/s1. The van der Waals surface area contributed by atoms with Gasteiger partial charge in [0, 0.05) is 19.5 Å². The van der Waals surface area contributed by atoms with Crippen LogP contribution in [0.3, 0.4) is 0 Å². The minimum atomic E-state index is -0.385.